The van der Waals surface area contributed by atoms with Gasteiger partial charge in [-0.05, 0) is 44.2 Å². The van der Waals surface area contributed by atoms with E-state index in [0.29, 0.717) is 10.7 Å². The molecule has 2 aromatic rings. The highest BCUT2D eigenvalue weighted by Gasteiger charge is 2.37. The van der Waals surface area contributed by atoms with Crippen LogP contribution in [-0.4, -0.2) is 31.4 Å². The van der Waals surface area contributed by atoms with E-state index in [2.05, 4.69) is 15.3 Å². The zero-order valence-electron chi connectivity index (χ0n) is 14.7. The molecule has 1 amide bonds. The van der Waals surface area contributed by atoms with Crippen LogP contribution in [0.5, 0.6) is 0 Å². The number of amidine groups is 1. The molecule has 27 heavy (non-hydrogen) atoms. The predicted molar refractivity (Wildman–Crippen MR) is 105 cm³/mol. The maximum atomic E-state index is 14.4. The van der Waals surface area contributed by atoms with Crippen molar-refractivity contribution in [2.75, 3.05) is 11.1 Å². The zero-order valence-corrected chi connectivity index (χ0v) is 16.3. The summed E-state index contributed by atoms with van der Waals surface area (Å²) in [6.07, 6.45) is 1.36. The molecule has 2 heterocycles. The summed E-state index contributed by atoms with van der Waals surface area (Å²) < 4.78 is 26.0. The first-order chi connectivity index (χ1) is 12.7. The summed E-state index contributed by atoms with van der Waals surface area (Å²) in [4.78, 5) is 20.6. The van der Waals surface area contributed by atoms with Crippen molar-refractivity contribution in [2.45, 2.75) is 24.6 Å². The van der Waals surface area contributed by atoms with Crippen molar-refractivity contribution in [2.24, 2.45) is 10.7 Å². The number of nitrogens with two attached hydrogens (primary N) is 1. The second-order valence-corrected chi connectivity index (χ2v) is 9.09. The Kier molecular flexibility index (Phi) is 5.30. The molecule has 0 fully saturated rings. The number of hydrogen-bond acceptors (Lipinski definition) is 5. The average Bonchev–Trinajstić information content (AvgIpc) is 2.62. The zero-order chi connectivity index (χ0) is 19.8. The molecule has 1 aromatic carbocycles. The predicted octanol–water partition coefficient (Wildman–Crippen LogP) is 3.07. The molecule has 6 nitrogen and oxygen atoms in total. The number of pyridine rings is 1. The Morgan fingerprint density at radius 3 is 2.74 bits per heavy atom. The molecule has 1 unspecified atom stereocenters. The quantitative estimate of drug-likeness (QED) is 0.815. The van der Waals surface area contributed by atoms with Crippen molar-refractivity contribution in [3.05, 3.63) is 58.6 Å². The highest BCUT2D eigenvalue weighted by molar-refractivity contribution is 7.87. The molecule has 2 atom stereocenters. The molecule has 0 saturated heterocycles. The van der Waals surface area contributed by atoms with Crippen LogP contribution >= 0.6 is 11.6 Å². The third-order valence-electron chi connectivity index (χ3n) is 4.36. The van der Waals surface area contributed by atoms with Crippen LogP contribution < -0.4 is 11.1 Å². The lowest BCUT2D eigenvalue weighted by Crippen LogP contribution is -2.47. The Bertz CT molecular complexity index is 947. The van der Waals surface area contributed by atoms with Gasteiger partial charge in [0, 0.05) is 28.2 Å². The number of aromatic nitrogens is 1. The molecule has 0 aliphatic carbocycles. The van der Waals surface area contributed by atoms with Crippen LogP contribution in [0.25, 0.3) is 0 Å². The lowest BCUT2D eigenvalue weighted by molar-refractivity contribution is 0.102. The summed E-state index contributed by atoms with van der Waals surface area (Å²) in [6, 6.07) is 6.50. The molecular weight excluding hydrogens is 391 g/mol. The Labute approximate surface area is 163 Å². The molecule has 1 aromatic heterocycles. The van der Waals surface area contributed by atoms with E-state index in [1.54, 1.807) is 19.9 Å². The smallest absolute Gasteiger partial charge is 0.274 e. The Balaban J connectivity index is 1.87. The SMILES string of the molecule is CC1(C)C(N)=N[C@H](c2cc(NC(=O)c3ccc(Cl)cn3)ccc2F)CS1=O. The summed E-state index contributed by atoms with van der Waals surface area (Å²) in [6.45, 7) is 3.48. The average molecular weight is 409 g/mol. The first-order valence-electron chi connectivity index (χ1n) is 8.13. The Morgan fingerprint density at radius 2 is 2.11 bits per heavy atom. The number of hydrogen-bond donors (Lipinski definition) is 2. The van der Waals surface area contributed by atoms with Gasteiger partial charge in [-0.3, -0.25) is 14.0 Å². The van der Waals surface area contributed by atoms with Crippen molar-refractivity contribution in [1.82, 2.24) is 4.98 Å². The number of carbonyl (C=O) groups is 1. The molecule has 0 spiro atoms. The maximum absolute atomic E-state index is 14.4. The molecular formula is C18H18ClFN4O2S. The van der Waals surface area contributed by atoms with Gasteiger partial charge in [-0.15, -0.1) is 0 Å². The van der Waals surface area contributed by atoms with Gasteiger partial charge in [-0.2, -0.15) is 0 Å². The van der Waals surface area contributed by atoms with Gasteiger partial charge >= 0.3 is 0 Å². The van der Waals surface area contributed by atoms with Gasteiger partial charge in [0.05, 0.1) is 21.6 Å². The van der Waals surface area contributed by atoms with Crippen LogP contribution in [0.15, 0.2) is 41.5 Å². The number of nitrogens with one attached hydrogen (secondary N) is 1. The van der Waals surface area contributed by atoms with Gasteiger partial charge in [0.1, 0.15) is 17.3 Å². The number of nitrogens with zero attached hydrogens (tertiary/aromatic N) is 2. The van der Waals surface area contributed by atoms with Crippen LogP contribution in [0, 0.1) is 5.82 Å². The lowest BCUT2D eigenvalue weighted by atomic mass is 10.1. The first kappa shape index (κ1) is 19.4. The monoisotopic (exact) mass is 408 g/mol. The number of carbonyl (C=O) groups excluding carboxylic acids is 1. The van der Waals surface area contributed by atoms with Crippen LogP contribution in [0.3, 0.4) is 0 Å². The Morgan fingerprint density at radius 1 is 1.37 bits per heavy atom. The van der Waals surface area contributed by atoms with E-state index >= 15 is 0 Å². The third kappa shape index (κ3) is 4.01. The summed E-state index contributed by atoms with van der Waals surface area (Å²) >= 11 is 5.76. The summed E-state index contributed by atoms with van der Waals surface area (Å²) in [5, 5.41) is 3.07. The van der Waals surface area contributed by atoms with Gasteiger partial charge in [0.2, 0.25) is 0 Å². The van der Waals surface area contributed by atoms with Crippen molar-refractivity contribution in [3.63, 3.8) is 0 Å². The van der Waals surface area contributed by atoms with E-state index in [-0.39, 0.29) is 22.8 Å². The second-order valence-electron chi connectivity index (χ2n) is 6.60. The minimum atomic E-state index is -1.30. The van der Waals surface area contributed by atoms with E-state index in [1.165, 1.54) is 30.5 Å². The molecule has 0 radical (unpaired) electrons. The summed E-state index contributed by atoms with van der Waals surface area (Å²) in [5.74, 6) is -0.589. The molecule has 0 bridgehead atoms. The largest absolute Gasteiger partial charge is 0.386 e. The van der Waals surface area contributed by atoms with Gasteiger partial charge in [-0.1, -0.05) is 11.6 Å². The van der Waals surface area contributed by atoms with E-state index < -0.39 is 33.3 Å². The van der Waals surface area contributed by atoms with Gasteiger partial charge in [0.25, 0.3) is 5.91 Å². The number of rotatable bonds is 3. The van der Waals surface area contributed by atoms with E-state index in [0.717, 1.165) is 0 Å². The van der Waals surface area contributed by atoms with Crippen molar-refractivity contribution in [3.8, 4) is 0 Å². The standard InChI is InChI=1S/C18H18ClFN4O2S/c1-18(2)17(21)24-15(9-27(18)26)12-7-11(4-5-13(12)20)23-16(25)14-6-3-10(19)8-22-14/h3-8,15H,9H2,1-2H3,(H2,21,24)(H,23,25)/t15-,27?/m0/s1. The maximum Gasteiger partial charge on any atom is 0.274 e. The molecule has 3 N–H and O–H groups in total. The van der Waals surface area contributed by atoms with Crippen molar-refractivity contribution < 1.29 is 13.4 Å². The van der Waals surface area contributed by atoms with Crippen LogP contribution in [0.2, 0.25) is 5.02 Å². The Hall–Kier alpha value is -2.32. The van der Waals surface area contributed by atoms with Crippen molar-refractivity contribution in [1.29, 1.82) is 0 Å². The van der Waals surface area contributed by atoms with Gasteiger partial charge < -0.3 is 11.1 Å². The fraction of sp³-hybridized carbons (Fsp3) is 0.278. The number of anilines is 1. The lowest BCUT2D eigenvalue weighted by Gasteiger charge is -2.31. The summed E-state index contributed by atoms with van der Waals surface area (Å²) in [5.41, 5.74) is 6.71. The molecule has 1 aliphatic rings. The van der Waals surface area contributed by atoms with E-state index in [9.17, 15) is 13.4 Å². The molecule has 142 valence electrons. The minimum Gasteiger partial charge on any atom is -0.386 e. The van der Waals surface area contributed by atoms with E-state index in [1.807, 2.05) is 0 Å². The topological polar surface area (TPSA) is 97.4 Å². The normalized spacial score (nSPS) is 21.4. The molecule has 3 rings (SSSR count). The number of halogens is 2. The van der Waals surface area contributed by atoms with Crippen molar-refractivity contribution >= 4 is 39.8 Å². The van der Waals surface area contributed by atoms with Gasteiger partial charge in [0.15, 0.2) is 0 Å². The number of amides is 1. The van der Waals surface area contributed by atoms with Crippen LogP contribution in [0.4, 0.5) is 10.1 Å². The third-order valence-corrected chi connectivity index (χ3v) is 6.55. The number of benzene rings is 1. The van der Waals surface area contributed by atoms with Crippen LogP contribution in [0.1, 0.15) is 35.9 Å². The number of aliphatic imine (C=N–C) groups is 1. The molecule has 9 heteroatoms. The van der Waals surface area contributed by atoms with E-state index in [4.69, 9.17) is 17.3 Å². The molecule has 1 aliphatic heterocycles. The molecule has 0 saturated carbocycles. The van der Waals surface area contributed by atoms with Crippen LogP contribution in [-0.2, 0) is 10.8 Å². The summed E-state index contributed by atoms with van der Waals surface area (Å²) in [7, 11) is -1.30. The minimum absolute atomic E-state index is 0.154. The fourth-order valence-electron chi connectivity index (χ4n) is 2.57. The highest BCUT2D eigenvalue weighted by atomic mass is 35.5. The van der Waals surface area contributed by atoms with Gasteiger partial charge in [-0.25, -0.2) is 9.37 Å². The highest BCUT2D eigenvalue weighted by Crippen LogP contribution is 2.32. The fourth-order valence-corrected chi connectivity index (χ4v) is 3.93. The second kappa shape index (κ2) is 7.36. The first-order valence-corrected chi connectivity index (χ1v) is 9.83.